The van der Waals surface area contributed by atoms with Crippen molar-refractivity contribution >= 4 is 29.3 Å². The first-order valence-electron chi connectivity index (χ1n) is 8.81. The lowest BCUT2D eigenvalue weighted by molar-refractivity contribution is -0.383. The number of para-hydroxylation sites is 2. The Balaban J connectivity index is 1.53. The number of nitro groups is 1. The van der Waals surface area contributed by atoms with E-state index in [0.29, 0.717) is 30.3 Å². The number of rotatable bonds is 6. The highest BCUT2D eigenvalue weighted by molar-refractivity contribution is 5.96. The van der Waals surface area contributed by atoms with Crippen molar-refractivity contribution in [3.05, 3.63) is 64.2 Å². The third-order valence-corrected chi connectivity index (χ3v) is 3.90. The number of carbonyl (C=O) groups excluding carboxylic acids is 2. The fourth-order valence-electron chi connectivity index (χ4n) is 2.56. The van der Waals surface area contributed by atoms with Crippen molar-refractivity contribution in [1.82, 2.24) is 0 Å². The SMILES string of the molecule is O=C(COC(=O)/C=C/c1ccc2c(c1)OCCCO2)Nc1ccccc1[N+](=O)[O-]. The molecule has 150 valence electrons. The molecule has 0 bridgehead atoms. The number of hydrogen-bond donors (Lipinski definition) is 1. The van der Waals surface area contributed by atoms with E-state index in [-0.39, 0.29) is 11.4 Å². The van der Waals surface area contributed by atoms with Gasteiger partial charge in [-0.3, -0.25) is 14.9 Å². The first-order valence-corrected chi connectivity index (χ1v) is 8.81. The van der Waals surface area contributed by atoms with Gasteiger partial charge in [0.1, 0.15) is 5.69 Å². The Bertz CT molecular complexity index is 956. The zero-order valence-electron chi connectivity index (χ0n) is 15.3. The Hall–Kier alpha value is -3.88. The van der Waals surface area contributed by atoms with E-state index in [1.807, 2.05) is 0 Å². The van der Waals surface area contributed by atoms with Crippen molar-refractivity contribution in [2.24, 2.45) is 0 Å². The Labute approximate surface area is 166 Å². The molecule has 2 aromatic rings. The Kier molecular flexibility index (Phi) is 6.41. The largest absolute Gasteiger partial charge is 0.490 e. The second-order valence-electron chi connectivity index (χ2n) is 6.02. The summed E-state index contributed by atoms with van der Waals surface area (Å²) in [7, 11) is 0. The van der Waals surface area contributed by atoms with Gasteiger partial charge in [-0.1, -0.05) is 18.2 Å². The van der Waals surface area contributed by atoms with Gasteiger partial charge in [-0.15, -0.1) is 0 Å². The summed E-state index contributed by atoms with van der Waals surface area (Å²) < 4.78 is 16.0. The molecule has 0 spiro atoms. The number of esters is 1. The zero-order valence-corrected chi connectivity index (χ0v) is 15.3. The summed E-state index contributed by atoms with van der Waals surface area (Å²) in [5, 5.41) is 13.3. The van der Waals surface area contributed by atoms with Crippen molar-refractivity contribution in [3.8, 4) is 11.5 Å². The molecule has 1 heterocycles. The first-order chi connectivity index (χ1) is 14.0. The Morgan fingerprint density at radius 3 is 2.69 bits per heavy atom. The van der Waals surface area contributed by atoms with Crippen LogP contribution in [0.3, 0.4) is 0 Å². The molecule has 0 aromatic heterocycles. The molecule has 9 heteroatoms. The minimum absolute atomic E-state index is 0.0290. The summed E-state index contributed by atoms with van der Waals surface area (Å²) in [6.07, 6.45) is 3.49. The van der Waals surface area contributed by atoms with Gasteiger partial charge in [0.25, 0.3) is 11.6 Å². The van der Waals surface area contributed by atoms with E-state index in [2.05, 4.69) is 5.32 Å². The molecule has 0 saturated carbocycles. The lowest BCUT2D eigenvalue weighted by Gasteiger charge is -2.07. The van der Waals surface area contributed by atoms with Crippen molar-refractivity contribution in [3.63, 3.8) is 0 Å². The number of fused-ring (bicyclic) bond motifs is 1. The molecule has 0 unspecified atom stereocenters. The third kappa shape index (κ3) is 5.55. The van der Waals surface area contributed by atoms with Crippen LogP contribution in [0, 0.1) is 10.1 Å². The lowest BCUT2D eigenvalue weighted by atomic mass is 10.2. The van der Waals surface area contributed by atoms with Crippen molar-refractivity contribution < 1.29 is 28.7 Å². The van der Waals surface area contributed by atoms with Gasteiger partial charge in [-0.25, -0.2) is 4.79 Å². The van der Waals surface area contributed by atoms with Gasteiger partial charge in [0.2, 0.25) is 0 Å². The predicted octanol–water partition coefficient (Wildman–Crippen LogP) is 2.95. The van der Waals surface area contributed by atoms with E-state index >= 15 is 0 Å². The van der Waals surface area contributed by atoms with Gasteiger partial charge in [0, 0.05) is 18.6 Å². The number of anilines is 1. The summed E-state index contributed by atoms with van der Waals surface area (Å²) in [6, 6.07) is 10.9. The first kappa shape index (κ1) is 19.9. The van der Waals surface area contributed by atoms with Crippen LogP contribution in [0.25, 0.3) is 6.08 Å². The monoisotopic (exact) mass is 398 g/mol. The molecule has 1 aliphatic heterocycles. The van der Waals surface area contributed by atoms with E-state index in [1.165, 1.54) is 30.4 Å². The maximum Gasteiger partial charge on any atom is 0.331 e. The molecule has 1 amide bonds. The number of benzene rings is 2. The van der Waals surface area contributed by atoms with Gasteiger partial charge >= 0.3 is 5.97 Å². The predicted molar refractivity (Wildman–Crippen MR) is 104 cm³/mol. The maximum atomic E-state index is 11.9. The van der Waals surface area contributed by atoms with Gasteiger partial charge in [0.05, 0.1) is 18.1 Å². The molecule has 0 radical (unpaired) electrons. The Morgan fingerprint density at radius 1 is 1.14 bits per heavy atom. The quantitative estimate of drug-likeness (QED) is 0.344. The molecular formula is C20H18N2O7. The number of hydrogen-bond acceptors (Lipinski definition) is 7. The molecule has 1 aliphatic rings. The van der Waals surface area contributed by atoms with Gasteiger partial charge < -0.3 is 19.5 Å². The van der Waals surface area contributed by atoms with E-state index < -0.39 is 23.4 Å². The molecule has 0 atom stereocenters. The average Bonchev–Trinajstić information content (AvgIpc) is 2.96. The van der Waals surface area contributed by atoms with Crippen LogP contribution in [-0.4, -0.2) is 36.6 Å². The fourth-order valence-corrected chi connectivity index (χ4v) is 2.56. The van der Waals surface area contributed by atoms with Crippen molar-refractivity contribution in [1.29, 1.82) is 0 Å². The van der Waals surface area contributed by atoms with Crippen molar-refractivity contribution in [2.45, 2.75) is 6.42 Å². The highest BCUT2D eigenvalue weighted by atomic mass is 16.6. The topological polar surface area (TPSA) is 117 Å². The Morgan fingerprint density at radius 2 is 1.90 bits per heavy atom. The lowest BCUT2D eigenvalue weighted by Crippen LogP contribution is -2.20. The maximum absolute atomic E-state index is 11.9. The minimum atomic E-state index is -0.727. The molecule has 9 nitrogen and oxygen atoms in total. The van der Waals surface area contributed by atoms with E-state index in [9.17, 15) is 19.7 Å². The molecule has 2 aromatic carbocycles. The van der Waals surface area contributed by atoms with Gasteiger partial charge in [-0.05, 0) is 29.8 Å². The molecule has 3 rings (SSSR count). The van der Waals surface area contributed by atoms with Crippen LogP contribution in [-0.2, 0) is 14.3 Å². The van der Waals surface area contributed by atoms with Crippen LogP contribution in [0.1, 0.15) is 12.0 Å². The fraction of sp³-hybridized carbons (Fsp3) is 0.200. The zero-order chi connectivity index (χ0) is 20.6. The van der Waals surface area contributed by atoms with E-state index in [0.717, 1.165) is 6.42 Å². The van der Waals surface area contributed by atoms with Gasteiger partial charge in [-0.2, -0.15) is 0 Å². The number of nitro benzene ring substituents is 1. The third-order valence-electron chi connectivity index (χ3n) is 3.90. The second kappa shape index (κ2) is 9.36. The van der Waals surface area contributed by atoms with Crippen LogP contribution in [0.15, 0.2) is 48.5 Å². The molecule has 0 saturated heterocycles. The molecule has 0 aliphatic carbocycles. The number of ether oxygens (including phenoxy) is 3. The molecule has 29 heavy (non-hydrogen) atoms. The van der Waals surface area contributed by atoms with Crippen LogP contribution in [0.5, 0.6) is 11.5 Å². The summed E-state index contributed by atoms with van der Waals surface area (Å²) >= 11 is 0. The van der Waals surface area contributed by atoms with Crippen molar-refractivity contribution in [2.75, 3.05) is 25.1 Å². The highest BCUT2D eigenvalue weighted by Gasteiger charge is 2.15. The summed E-state index contributed by atoms with van der Waals surface area (Å²) in [5.41, 5.74) is 0.485. The standard InChI is InChI=1S/C20H18N2O7/c23-19(21-15-4-1-2-5-16(15)22(25)26)13-29-20(24)9-7-14-6-8-17-18(12-14)28-11-3-10-27-17/h1-2,4-9,12H,3,10-11,13H2,(H,21,23)/b9-7+. The van der Waals surface area contributed by atoms with Crippen LogP contribution in [0.2, 0.25) is 0 Å². The molecule has 1 N–H and O–H groups in total. The number of amides is 1. The van der Waals surface area contributed by atoms with Crippen LogP contribution in [0.4, 0.5) is 11.4 Å². The van der Waals surface area contributed by atoms with Gasteiger partial charge in [0.15, 0.2) is 18.1 Å². The second-order valence-corrected chi connectivity index (χ2v) is 6.02. The van der Waals surface area contributed by atoms with Crippen LogP contribution < -0.4 is 14.8 Å². The van der Waals surface area contributed by atoms with E-state index in [4.69, 9.17) is 14.2 Å². The molecular weight excluding hydrogens is 380 g/mol. The van der Waals surface area contributed by atoms with E-state index in [1.54, 1.807) is 24.3 Å². The number of carbonyl (C=O) groups is 2. The highest BCUT2D eigenvalue weighted by Crippen LogP contribution is 2.30. The summed E-state index contributed by atoms with van der Waals surface area (Å²) in [6.45, 7) is 0.565. The molecule has 0 fully saturated rings. The minimum Gasteiger partial charge on any atom is -0.490 e. The number of nitrogens with one attached hydrogen (secondary N) is 1. The summed E-state index contributed by atoms with van der Waals surface area (Å²) in [4.78, 5) is 34.1. The summed E-state index contributed by atoms with van der Waals surface area (Å²) in [5.74, 6) is -0.165. The normalized spacial score (nSPS) is 12.8. The smallest absolute Gasteiger partial charge is 0.331 e. The van der Waals surface area contributed by atoms with Crippen LogP contribution >= 0.6 is 0 Å². The average molecular weight is 398 g/mol. The number of nitrogens with zero attached hydrogens (tertiary/aromatic N) is 1.